The second-order valence-electron chi connectivity index (χ2n) is 11.9. The summed E-state index contributed by atoms with van der Waals surface area (Å²) in [6.45, 7) is 14.7. The molecule has 3 N–H and O–H groups in total. The van der Waals surface area contributed by atoms with E-state index in [1.165, 1.54) is 10.5 Å². The number of aliphatic hydroxyl groups is 1. The Balaban J connectivity index is 1.76. The van der Waals surface area contributed by atoms with Crippen molar-refractivity contribution in [2.45, 2.75) is 52.0 Å². The molecule has 0 bridgehead atoms. The topological polar surface area (TPSA) is 82.3 Å². The predicted molar refractivity (Wildman–Crippen MR) is 166 cm³/mol. The smallest absolute Gasteiger partial charge is 0.231 e. The first-order valence-corrected chi connectivity index (χ1v) is 14.9. The van der Waals surface area contributed by atoms with E-state index in [9.17, 15) is 23.1 Å². The maximum Gasteiger partial charge on any atom is 0.231 e. The van der Waals surface area contributed by atoms with Crippen molar-refractivity contribution in [2.24, 2.45) is 17.1 Å². The van der Waals surface area contributed by atoms with Gasteiger partial charge in [0.25, 0.3) is 0 Å². The molecule has 10 heteroatoms. The number of anilines is 1. The van der Waals surface area contributed by atoms with Crippen molar-refractivity contribution in [3.63, 3.8) is 0 Å². The van der Waals surface area contributed by atoms with Crippen LogP contribution in [0.5, 0.6) is 5.75 Å². The average molecular weight is 613 g/mol. The summed E-state index contributed by atoms with van der Waals surface area (Å²) in [7, 11) is 1.59. The number of likely N-dealkylation sites (tertiary alicyclic amines) is 2. The van der Waals surface area contributed by atoms with Crippen LogP contribution in [0.25, 0.3) is 0 Å². The number of nitrogens with two attached hydrogens (primary N) is 1. The molecule has 4 unspecified atom stereocenters. The molecule has 4 atom stereocenters. The molecule has 7 nitrogen and oxygen atoms in total. The molecule has 0 saturated carbocycles. The number of nitrogens with zero attached hydrogens (tertiary/aromatic N) is 3. The number of carbonyl (C=O) groups excluding carboxylic acids is 1. The second-order valence-corrected chi connectivity index (χ2v) is 11.9. The lowest BCUT2D eigenvalue weighted by Crippen LogP contribution is -2.53. The molecule has 2 aromatic carbocycles. The maximum absolute atomic E-state index is 14.5. The Hall–Kier alpha value is -3.92. The second kappa shape index (κ2) is 13.4. The number of amides is 1. The van der Waals surface area contributed by atoms with Crippen molar-refractivity contribution in [1.29, 1.82) is 0 Å². The van der Waals surface area contributed by atoms with Gasteiger partial charge in [-0.25, -0.2) is 13.2 Å². The van der Waals surface area contributed by atoms with Gasteiger partial charge in [0.1, 0.15) is 5.75 Å². The highest BCUT2D eigenvalue weighted by molar-refractivity contribution is 5.86. The number of hydrogen-bond acceptors (Lipinski definition) is 6. The Morgan fingerprint density at radius 1 is 1.27 bits per heavy atom. The first-order valence-electron chi connectivity index (χ1n) is 14.9. The number of allylic oxidation sites excluding steroid dienone is 1. The fourth-order valence-corrected chi connectivity index (χ4v) is 6.55. The maximum atomic E-state index is 14.5. The summed E-state index contributed by atoms with van der Waals surface area (Å²) >= 11 is 0. The minimum Gasteiger partial charge on any atom is -0.495 e. The van der Waals surface area contributed by atoms with Gasteiger partial charge in [0.2, 0.25) is 5.91 Å². The minimum atomic E-state index is -1.60. The van der Waals surface area contributed by atoms with Crippen molar-refractivity contribution >= 4 is 11.6 Å². The van der Waals surface area contributed by atoms with E-state index in [1.54, 1.807) is 13.3 Å². The predicted octanol–water partition coefficient (Wildman–Crippen LogP) is 6.18. The number of rotatable bonds is 11. The van der Waals surface area contributed by atoms with Crippen molar-refractivity contribution in [3.8, 4) is 5.75 Å². The van der Waals surface area contributed by atoms with Crippen LogP contribution in [0.3, 0.4) is 0 Å². The van der Waals surface area contributed by atoms with Crippen LogP contribution in [0, 0.1) is 28.8 Å². The molecule has 0 radical (unpaired) electrons. The summed E-state index contributed by atoms with van der Waals surface area (Å²) in [6, 6.07) is 6.44. The monoisotopic (exact) mass is 612 g/mol. The van der Waals surface area contributed by atoms with E-state index in [1.807, 2.05) is 34.2 Å². The Morgan fingerprint density at radius 3 is 2.52 bits per heavy atom. The summed E-state index contributed by atoms with van der Waals surface area (Å²) in [5, 5.41) is 10.3. The van der Waals surface area contributed by atoms with Crippen molar-refractivity contribution in [1.82, 2.24) is 9.80 Å². The van der Waals surface area contributed by atoms with Crippen molar-refractivity contribution < 1.29 is 27.8 Å². The number of aliphatic hydroxyl groups excluding tert-OH is 1. The van der Waals surface area contributed by atoms with Gasteiger partial charge in [0.15, 0.2) is 17.5 Å². The van der Waals surface area contributed by atoms with Gasteiger partial charge in [-0.1, -0.05) is 38.6 Å². The summed E-state index contributed by atoms with van der Waals surface area (Å²) in [6.07, 6.45) is 5.87. The fraction of sp³-hybridized carbons (Fsp3) is 0.441. The highest BCUT2D eigenvalue weighted by atomic mass is 19.2. The van der Waals surface area contributed by atoms with Crippen LogP contribution in [0.15, 0.2) is 67.3 Å². The molecular formula is C34H43F3N4O3. The zero-order chi connectivity index (χ0) is 32.3. The molecule has 44 heavy (non-hydrogen) atoms. The van der Waals surface area contributed by atoms with Gasteiger partial charge in [0, 0.05) is 38.0 Å². The Kier molecular flexibility index (Phi) is 10.0. The number of ether oxygens (including phenoxy) is 1. The van der Waals surface area contributed by atoms with E-state index >= 15 is 0 Å². The highest BCUT2D eigenvalue weighted by Gasteiger charge is 2.56. The number of hydrogen-bond donors (Lipinski definition) is 2. The zero-order valence-corrected chi connectivity index (χ0v) is 26.0. The lowest BCUT2D eigenvalue weighted by molar-refractivity contribution is -0.150. The van der Waals surface area contributed by atoms with Gasteiger partial charge in [0.05, 0.1) is 36.7 Å². The van der Waals surface area contributed by atoms with E-state index in [-0.39, 0.29) is 30.5 Å². The molecule has 2 saturated heterocycles. The quantitative estimate of drug-likeness (QED) is 0.295. The molecule has 0 aromatic heterocycles. The van der Waals surface area contributed by atoms with Crippen LogP contribution in [-0.4, -0.2) is 54.2 Å². The summed E-state index contributed by atoms with van der Waals surface area (Å²) in [5.74, 6) is -3.65. The summed E-state index contributed by atoms with van der Waals surface area (Å²) < 4.78 is 47.9. The van der Waals surface area contributed by atoms with Crippen molar-refractivity contribution in [2.75, 3.05) is 38.3 Å². The third-order valence-electron chi connectivity index (χ3n) is 9.41. The van der Waals surface area contributed by atoms with Crippen LogP contribution in [-0.2, 0) is 4.79 Å². The number of carbonyl (C=O) groups is 1. The Morgan fingerprint density at radius 2 is 1.95 bits per heavy atom. The Labute approximate surface area is 258 Å². The number of methoxy groups -OCH3 is 1. The molecule has 2 aliphatic heterocycles. The number of piperidine rings is 1. The third-order valence-corrected chi connectivity index (χ3v) is 9.41. The standard InChI is InChI=1S/C34H43F3N4O3/c1-7-21(3)22(4)17-39(8-2)29-11-10-24(16-31(29)44-6)26-18-40(23(5)38)20-34(26)12-9-13-41(33(34)43)30(19-42)25-14-27(35)32(37)28(36)15-25/h8,10-11,14-17,21,26,30,42H,2,5,7,9,12-13,18-20,38H2,1,3-4,6H3/b22-17-. The van der Waals surface area contributed by atoms with Crippen LogP contribution >= 0.6 is 0 Å². The average Bonchev–Trinajstić information content (AvgIpc) is 3.40. The minimum absolute atomic E-state index is 0.0137. The molecule has 4 rings (SSSR count). The van der Waals surface area contributed by atoms with Crippen molar-refractivity contribution in [3.05, 3.63) is 95.9 Å². The van der Waals surface area contributed by atoms with E-state index in [4.69, 9.17) is 10.5 Å². The molecule has 1 amide bonds. The first-order chi connectivity index (χ1) is 20.9. The van der Waals surface area contributed by atoms with Crippen LogP contribution in [0.4, 0.5) is 18.9 Å². The van der Waals surface area contributed by atoms with Gasteiger partial charge >= 0.3 is 0 Å². The van der Waals surface area contributed by atoms with Gasteiger partial charge < -0.3 is 30.3 Å². The van der Waals surface area contributed by atoms with E-state index in [2.05, 4.69) is 33.9 Å². The lowest BCUT2D eigenvalue weighted by Gasteiger charge is -2.45. The highest BCUT2D eigenvalue weighted by Crippen LogP contribution is 2.52. The summed E-state index contributed by atoms with van der Waals surface area (Å²) in [4.78, 5) is 19.7. The van der Waals surface area contributed by atoms with Gasteiger partial charge in [-0.15, -0.1) is 0 Å². The van der Waals surface area contributed by atoms with Crippen LogP contribution in [0.1, 0.15) is 63.1 Å². The van der Waals surface area contributed by atoms with Crippen LogP contribution in [0.2, 0.25) is 0 Å². The van der Waals surface area contributed by atoms with Gasteiger partial charge in [-0.05, 0) is 67.5 Å². The van der Waals surface area contributed by atoms with E-state index in [0.29, 0.717) is 36.9 Å². The molecular weight excluding hydrogens is 569 g/mol. The zero-order valence-electron chi connectivity index (χ0n) is 26.0. The largest absolute Gasteiger partial charge is 0.495 e. The van der Waals surface area contributed by atoms with E-state index < -0.39 is 35.5 Å². The number of halogens is 3. The SMILES string of the molecule is C=CN(/C=C(/C)C(C)CC)c1ccc(C2CN(C(=C)N)CC23CCCN(C(CO)c2cc(F)c(F)c(F)c2)C3=O)cc1OC. The normalized spacial score (nSPS) is 21.9. The van der Waals surface area contributed by atoms with Gasteiger partial charge in [-0.3, -0.25) is 4.79 Å². The molecule has 0 aliphatic carbocycles. The Bertz CT molecular complexity index is 1420. The number of benzene rings is 2. The van der Waals surface area contributed by atoms with E-state index in [0.717, 1.165) is 29.8 Å². The first kappa shape index (κ1) is 33.0. The molecule has 238 valence electrons. The molecule has 2 aromatic rings. The molecule has 2 heterocycles. The lowest BCUT2D eigenvalue weighted by atomic mass is 9.68. The van der Waals surface area contributed by atoms with Crippen LogP contribution < -0.4 is 15.4 Å². The molecule has 2 fully saturated rings. The van der Waals surface area contributed by atoms with Gasteiger partial charge in [-0.2, -0.15) is 0 Å². The third kappa shape index (κ3) is 6.04. The summed E-state index contributed by atoms with van der Waals surface area (Å²) in [5.41, 5.74) is 8.01. The fourth-order valence-electron chi connectivity index (χ4n) is 6.55. The molecule has 2 aliphatic rings. The molecule has 1 spiro atoms.